The monoisotopic (exact) mass is 514 g/mol. The molecule has 192 valence electrons. The number of anilines is 1. The first-order chi connectivity index (χ1) is 19.2. The zero-order chi connectivity index (χ0) is 26.8. The molecule has 0 saturated carbocycles. The van der Waals surface area contributed by atoms with Gasteiger partial charge in [-0.3, -0.25) is 14.6 Å². The summed E-state index contributed by atoms with van der Waals surface area (Å²) in [6.07, 6.45) is -1.09. The van der Waals surface area contributed by atoms with Gasteiger partial charge in [-0.25, -0.2) is 4.79 Å². The van der Waals surface area contributed by atoms with Crippen LogP contribution in [-0.2, 0) is 9.53 Å². The highest BCUT2D eigenvalue weighted by Gasteiger charge is 2.58. The third kappa shape index (κ3) is 4.49. The lowest BCUT2D eigenvalue weighted by atomic mass is 9.88. The molecule has 0 spiro atoms. The summed E-state index contributed by atoms with van der Waals surface area (Å²) in [7, 11) is 1.60. The zero-order valence-corrected chi connectivity index (χ0v) is 21.3. The third-order valence-corrected chi connectivity index (χ3v) is 7.15. The maximum atomic E-state index is 13.9. The molecule has 0 N–H and O–H groups in total. The van der Waals surface area contributed by atoms with E-state index in [1.807, 2.05) is 103 Å². The molecule has 0 unspecified atom stereocenters. The van der Waals surface area contributed by atoms with E-state index in [2.05, 4.69) is 11.8 Å². The van der Waals surface area contributed by atoms with E-state index in [0.717, 1.165) is 16.7 Å². The van der Waals surface area contributed by atoms with Gasteiger partial charge in [0.25, 0.3) is 5.91 Å². The summed E-state index contributed by atoms with van der Waals surface area (Å²) in [5.74, 6) is 6.98. The Kier molecular flexibility index (Phi) is 6.48. The summed E-state index contributed by atoms with van der Waals surface area (Å²) in [6.45, 7) is 0. The number of nitrogens with zero attached hydrogens (tertiary/aromatic N) is 2. The smallest absolute Gasteiger partial charge is 0.411 e. The summed E-state index contributed by atoms with van der Waals surface area (Å²) >= 11 is 0. The second-order valence-electron chi connectivity index (χ2n) is 9.41. The van der Waals surface area contributed by atoms with Crippen LogP contribution in [0.3, 0.4) is 0 Å². The molecule has 2 aliphatic rings. The molecule has 6 rings (SSSR count). The highest BCUT2D eigenvalue weighted by Crippen LogP contribution is 2.47. The van der Waals surface area contributed by atoms with Crippen LogP contribution in [-0.4, -0.2) is 36.1 Å². The number of hydrogen-bond donors (Lipinski definition) is 0. The molecule has 2 heterocycles. The van der Waals surface area contributed by atoms with Crippen molar-refractivity contribution in [2.45, 2.75) is 24.2 Å². The van der Waals surface area contributed by atoms with Gasteiger partial charge in [-0.2, -0.15) is 0 Å². The first kappa shape index (κ1) is 24.3. The lowest BCUT2D eigenvalue weighted by Crippen LogP contribution is -2.71. The molecular formula is C33H26N2O4. The minimum atomic E-state index is -0.810. The second-order valence-corrected chi connectivity index (χ2v) is 9.41. The minimum absolute atomic E-state index is 0.209. The van der Waals surface area contributed by atoms with Crippen LogP contribution < -0.4 is 9.64 Å². The topological polar surface area (TPSA) is 59.1 Å². The van der Waals surface area contributed by atoms with Crippen molar-refractivity contribution in [3.05, 3.63) is 132 Å². The molecule has 4 atom stereocenters. The van der Waals surface area contributed by atoms with Gasteiger partial charge < -0.3 is 9.47 Å². The number of ether oxygens (including phenoxy) is 2. The molecule has 39 heavy (non-hydrogen) atoms. The number of rotatable bonds is 5. The van der Waals surface area contributed by atoms with E-state index in [9.17, 15) is 9.59 Å². The van der Waals surface area contributed by atoms with E-state index in [4.69, 9.17) is 9.47 Å². The van der Waals surface area contributed by atoms with Gasteiger partial charge in [-0.15, -0.1) is 0 Å². The largest absolute Gasteiger partial charge is 0.497 e. The van der Waals surface area contributed by atoms with Crippen molar-refractivity contribution < 1.29 is 19.1 Å². The number of benzene rings is 4. The molecule has 0 aromatic heterocycles. The number of carbonyl (C=O) groups excluding carboxylic acids is 2. The minimum Gasteiger partial charge on any atom is -0.497 e. The van der Waals surface area contributed by atoms with E-state index in [0.29, 0.717) is 11.4 Å². The summed E-state index contributed by atoms with van der Waals surface area (Å²) in [4.78, 5) is 30.6. The molecule has 0 aliphatic carbocycles. The lowest BCUT2D eigenvalue weighted by Gasteiger charge is -2.48. The van der Waals surface area contributed by atoms with Crippen LogP contribution in [0.4, 0.5) is 10.5 Å². The van der Waals surface area contributed by atoms with Crippen LogP contribution >= 0.6 is 0 Å². The Morgan fingerprint density at radius 3 is 1.92 bits per heavy atom. The van der Waals surface area contributed by atoms with Gasteiger partial charge >= 0.3 is 6.09 Å². The molecule has 6 heteroatoms. The van der Waals surface area contributed by atoms with Crippen LogP contribution in [0.1, 0.15) is 28.8 Å². The third-order valence-electron chi connectivity index (χ3n) is 7.15. The van der Waals surface area contributed by atoms with Gasteiger partial charge in [-0.1, -0.05) is 90.7 Å². The van der Waals surface area contributed by atoms with E-state index in [-0.39, 0.29) is 5.91 Å². The Morgan fingerprint density at radius 2 is 1.31 bits per heavy atom. The van der Waals surface area contributed by atoms with Crippen LogP contribution in [0.15, 0.2) is 115 Å². The Morgan fingerprint density at radius 1 is 0.718 bits per heavy atom. The molecule has 2 aliphatic heterocycles. The lowest BCUT2D eigenvalue weighted by molar-refractivity contribution is -0.130. The number of methoxy groups -OCH3 is 1. The first-order valence-corrected chi connectivity index (χ1v) is 12.8. The number of carbonyl (C=O) groups is 2. The predicted octanol–water partition coefficient (Wildman–Crippen LogP) is 5.77. The Hall–Kier alpha value is -5.02. The van der Waals surface area contributed by atoms with Crippen molar-refractivity contribution in [3.63, 3.8) is 0 Å². The van der Waals surface area contributed by atoms with E-state index in [1.54, 1.807) is 29.0 Å². The molecule has 0 radical (unpaired) electrons. The standard InChI is InChI=1S/C33H26N2O4/c1-38-27-20-18-26(19-21-27)34-28(22-17-23-11-5-2-6-12-23)30(32(34)36)35-29(24-13-7-3-8-14-24)31(39-33(35)37)25-15-9-4-10-16-25/h2-16,18-21,28-31H,1H3/t28-,29+,30+,31-/m0/s1. The SMILES string of the molecule is COc1ccc(N2C(=O)[C@H](N3C(=O)O[C@@H](c4ccccc4)[C@H]3c3ccccc3)[C@@H]2C#Cc2ccccc2)cc1. The maximum Gasteiger partial charge on any atom is 0.411 e. The number of β-lactam (4-membered cyclic amide) rings is 1. The zero-order valence-electron chi connectivity index (χ0n) is 21.3. The van der Waals surface area contributed by atoms with Gasteiger partial charge in [-0.05, 0) is 47.5 Å². The van der Waals surface area contributed by atoms with Crippen LogP contribution in [0.25, 0.3) is 0 Å². The Bertz CT molecular complexity index is 1530. The van der Waals surface area contributed by atoms with E-state index < -0.39 is 30.3 Å². The van der Waals surface area contributed by atoms with E-state index >= 15 is 0 Å². The molecule has 2 fully saturated rings. The number of amides is 2. The first-order valence-electron chi connectivity index (χ1n) is 12.8. The highest BCUT2D eigenvalue weighted by molar-refractivity contribution is 6.08. The molecule has 6 nitrogen and oxygen atoms in total. The van der Waals surface area contributed by atoms with Crippen molar-refractivity contribution in [1.29, 1.82) is 0 Å². The molecule has 4 aromatic rings. The van der Waals surface area contributed by atoms with Crippen LogP contribution in [0.2, 0.25) is 0 Å². The average Bonchev–Trinajstić information content (AvgIpc) is 3.33. The summed E-state index contributed by atoms with van der Waals surface area (Å²) < 4.78 is 11.3. The fourth-order valence-electron chi connectivity index (χ4n) is 5.26. The number of hydrogen-bond acceptors (Lipinski definition) is 4. The molecule has 2 amide bonds. The summed E-state index contributed by atoms with van der Waals surface area (Å²) in [6, 6.07) is 34.4. The fourth-order valence-corrected chi connectivity index (χ4v) is 5.26. The maximum absolute atomic E-state index is 13.9. The van der Waals surface area contributed by atoms with E-state index in [1.165, 1.54) is 0 Å². The Labute approximate surface area is 227 Å². The van der Waals surface area contributed by atoms with Gasteiger partial charge in [0.15, 0.2) is 6.10 Å². The van der Waals surface area contributed by atoms with Gasteiger partial charge in [0.05, 0.1) is 7.11 Å². The van der Waals surface area contributed by atoms with Gasteiger partial charge in [0.1, 0.15) is 23.9 Å². The van der Waals surface area contributed by atoms with Crippen molar-refractivity contribution in [1.82, 2.24) is 4.90 Å². The van der Waals surface area contributed by atoms with Crippen LogP contribution in [0, 0.1) is 11.8 Å². The normalized spacial score (nSPS) is 22.0. The second kappa shape index (κ2) is 10.4. The fraction of sp³-hybridized carbons (Fsp3) is 0.152. The highest BCUT2D eigenvalue weighted by atomic mass is 16.6. The number of cyclic esters (lactones) is 1. The van der Waals surface area contributed by atoms with Gasteiger partial charge in [0.2, 0.25) is 0 Å². The quantitative estimate of drug-likeness (QED) is 0.251. The average molecular weight is 515 g/mol. The van der Waals surface area contributed by atoms with Gasteiger partial charge in [0, 0.05) is 11.3 Å². The van der Waals surface area contributed by atoms with Crippen molar-refractivity contribution in [2.24, 2.45) is 0 Å². The van der Waals surface area contributed by atoms with Crippen molar-refractivity contribution >= 4 is 17.7 Å². The van der Waals surface area contributed by atoms with Crippen molar-refractivity contribution in [3.8, 4) is 17.6 Å². The predicted molar refractivity (Wildman–Crippen MR) is 148 cm³/mol. The summed E-state index contributed by atoms with van der Waals surface area (Å²) in [5, 5.41) is 0. The van der Waals surface area contributed by atoms with Crippen LogP contribution in [0.5, 0.6) is 5.75 Å². The molecule has 2 saturated heterocycles. The van der Waals surface area contributed by atoms with Crippen molar-refractivity contribution in [2.75, 3.05) is 12.0 Å². The molecular weight excluding hydrogens is 488 g/mol. The Balaban J connectivity index is 1.42. The summed E-state index contributed by atoms with van der Waals surface area (Å²) in [5.41, 5.74) is 3.28. The molecule has 4 aromatic carbocycles. The molecule has 0 bridgehead atoms.